The lowest BCUT2D eigenvalue weighted by molar-refractivity contribution is -0.384. The van der Waals surface area contributed by atoms with E-state index in [1.807, 2.05) is 11.5 Å². The summed E-state index contributed by atoms with van der Waals surface area (Å²) in [6, 6.07) is 11.6. The average Bonchev–Trinajstić information content (AvgIpc) is 3.22. The fraction of sp³-hybridized carbons (Fsp3) is 0.150. The lowest BCUT2D eigenvalue weighted by Crippen LogP contribution is -2.24. The third kappa shape index (κ3) is 3.80. The van der Waals surface area contributed by atoms with Crippen LogP contribution in [-0.2, 0) is 16.0 Å². The van der Waals surface area contributed by atoms with E-state index in [0.717, 1.165) is 5.56 Å². The minimum absolute atomic E-state index is 0.0801. The van der Waals surface area contributed by atoms with Crippen molar-refractivity contribution in [3.8, 4) is 11.1 Å². The number of nitrogens with zero attached hydrogens (tertiary/aromatic N) is 3. The van der Waals surface area contributed by atoms with E-state index in [1.54, 1.807) is 55.1 Å². The molecule has 8 heteroatoms. The van der Waals surface area contributed by atoms with Crippen molar-refractivity contribution in [2.24, 2.45) is 5.73 Å². The number of carbonyl (C=O) groups is 2. The Balaban J connectivity index is 2.07. The molecule has 3 rings (SSSR count). The van der Waals surface area contributed by atoms with Crippen molar-refractivity contribution in [2.75, 3.05) is 0 Å². The predicted octanol–water partition coefficient (Wildman–Crippen LogP) is 2.66. The number of imidazole rings is 1. The van der Waals surface area contributed by atoms with E-state index in [0.29, 0.717) is 16.7 Å². The van der Waals surface area contributed by atoms with Crippen molar-refractivity contribution in [3.63, 3.8) is 0 Å². The number of Topliss-reactive ketones (excluding diaryl/α,β-unsaturated/α-hetero) is 1. The van der Waals surface area contributed by atoms with Crippen LogP contribution in [0.4, 0.5) is 5.69 Å². The highest BCUT2D eigenvalue weighted by molar-refractivity contribution is 6.36. The van der Waals surface area contributed by atoms with Gasteiger partial charge in [-0.15, -0.1) is 0 Å². The third-order valence-electron chi connectivity index (χ3n) is 4.61. The molecule has 0 radical (unpaired) electrons. The lowest BCUT2D eigenvalue weighted by atomic mass is 9.93. The molecule has 1 unspecified atom stereocenters. The van der Waals surface area contributed by atoms with Crippen LogP contribution in [0.2, 0.25) is 0 Å². The van der Waals surface area contributed by atoms with Crippen LogP contribution in [0, 0.1) is 10.1 Å². The van der Waals surface area contributed by atoms with E-state index in [9.17, 15) is 19.7 Å². The molecule has 1 atom stereocenters. The minimum Gasteiger partial charge on any atom is -0.363 e. The minimum atomic E-state index is -1.03. The van der Waals surface area contributed by atoms with Gasteiger partial charge in [-0.3, -0.25) is 19.7 Å². The molecule has 0 fully saturated rings. The highest BCUT2D eigenvalue weighted by Gasteiger charge is 2.22. The van der Waals surface area contributed by atoms with E-state index < -0.39 is 16.6 Å². The van der Waals surface area contributed by atoms with E-state index >= 15 is 0 Å². The predicted molar refractivity (Wildman–Crippen MR) is 102 cm³/mol. The Labute approximate surface area is 160 Å². The SMILES string of the molecule is CC(c1ccc(-c2ccccc2CC(=O)C(N)=O)c([N+](=O)[O-])c1)n1ccnc1. The summed E-state index contributed by atoms with van der Waals surface area (Å²) in [7, 11) is 0. The van der Waals surface area contributed by atoms with Crippen LogP contribution in [-0.4, -0.2) is 26.2 Å². The summed E-state index contributed by atoms with van der Waals surface area (Å²) in [4.78, 5) is 38.2. The van der Waals surface area contributed by atoms with Gasteiger partial charge in [-0.25, -0.2) is 4.98 Å². The number of ketones is 1. The molecule has 0 aliphatic carbocycles. The molecule has 0 saturated carbocycles. The van der Waals surface area contributed by atoms with Crippen LogP contribution in [0.5, 0.6) is 0 Å². The second kappa shape index (κ2) is 7.83. The Morgan fingerprint density at radius 1 is 1.21 bits per heavy atom. The Bertz CT molecular complexity index is 1040. The van der Waals surface area contributed by atoms with Gasteiger partial charge in [0.05, 0.1) is 22.9 Å². The van der Waals surface area contributed by atoms with Gasteiger partial charge in [0.15, 0.2) is 0 Å². The summed E-state index contributed by atoms with van der Waals surface area (Å²) in [5, 5.41) is 11.7. The number of hydrogen-bond acceptors (Lipinski definition) is 5. The Kier molecular flexibility index (Phi) is 5.30. The van der Waals surface area contributed by atoms with Crippen LogP contribution >= 0.6 is 0 Å². The molecular formula is C20H18N4O4. The van der Waals surface area contributed by atoms with Gasteiger partial charge in [-0.2, -0.15) is 0 Å². The first-order chi connectivity index (χ1) is 13.4. The van der Waals surface area contributed by atoms with E-state index in [1.165, 1.54) is 6.07 Å². The summed E-state index contributed by atoms with van der Waals surface area (Å²) in [5.41, 5.74) is 7.11. The zero-order valence-corrected chi connectivity index (χ0v) is 15.1. The normalized spacial score (nSPS) is 11.8. The van der Waals surface area contributed by atoms with Crippen molar-refractivity contribution in [3.05, 3.63) is 82.4 Å². The van der Waals surface area contributed by atoms with Gasteiger partial charge in [0, 0.05) is 24.9 Å². The topological polar surface area (TPSA) is 121 Å². The quantitative estimate of drug-likeness (QED) is 0.385. The van der Waals surface area contributed by atoms with Gasteiger partial charge >= 0.3 is 0 Å². The molecule has 142 valence electrons. The van der Waals surface area contributed by atoms with Crippen LogP contribution in [0.1, 0.15) is 24.1 Å². The summed E-state index contributed by atoms with van der Waals surface area (Å²) in [5.74, 6) is -1.78. The number of nitro groups is 1. The van der Waals surface area contributed by atoms with Crippen LogP contribution in [0.25, 0.3) is 11.1 Å². The summed E-state index contributed by atoms with van der Waals surface area (Å²) < 4.78 is 1.85. The van der Waals surface area contributed by atoms with Crippen LogP contribution < -0.4 is 5.73 Å². The van der Waals surface area contributed by atoms with Gasteiger partial charge in [0.1, 0.15) is 0 Å². The number of nitrogens with two attached hydrogens (primary N) is 1. The van der Waals surface area contributed by atoms with Crippen LogP contribution in [0.15, 0.2) is 61.2 Å². The summed E-state index contributed by atoms with van der Waals surface area (Å²) in [6.45, 7) is 1.92. The average molecular weight is 378 g/mol. The van der Waals surface area contributed by atoms with E-state index in [4.69, 9.17) is 5.73 Å². The number of carbonyl (C=O) groups excluding carboxylic acids is 2. The number of benzene rings is 2. The first kappa shape index (κ1) is 19.0. The number of amides is 1. The zero-order chi connectivity index (χ0) is 20.3. The van der Waals surface area contributed by atoms with Gasteiger partial charge in [0.25, 0.3) is 11.6 Å². The van der Waals surface area contributed by atoms with Crippen molar-refractivity contribution in [1.82, 2.24) is 9.55 Å². The number of hydrogen-bond donors (Lipinski definition) is 1. The van der Waals surface area contributed by atoms with Crippen molar-refractivity contribution >= 4 is 17.4 Å². The fourth-order valence-corrected chi connectivity index (χ4v) is 3.06. The Morgan fingerprint density at radius 3 is 2.61 bits per heavy atom. The molecule has 8 nitrogen and oxygen atoms in total. The molecule has 1 heterocycles. The maximum absolute atomic E-state index is 11.8. The van der Waals surface area contributed by atoms with Crippen LogP contribution in [0.3, 0.4) is 0 Å². The molecular weight excluding hydrogens is 360 g/mol. The second-order valence-corrected chi connectivity index (χ2v) is 6.34. The molecule has 0 spiro atoms. The van der Waals surface area contributed by atoms with Gasteiger partial charge in [-0.1, -0.05) is 30.3 Å². The van der Waals surface area contributed by atoms with Crippen molar-refractivity contribution in [2.45, 2.75) is 19.4 Å². The zero-order valence-electron chi connectivity index (χ0n) is 15.1. The molecule has 0 aliphatic rings. The van der Waals surface area contributed by atoms with E-state index in [2.05, 4.69) is 4.98 Å². The third-order valence-corrected chi connectivity index (χ3v) is 4.61. The standard InChI is InChI=1S/C20H18N4O4/c1-13(23-9-8-22-12-23)14-6-7-17(18(10-14)24(27)28)16-5-3-2-4-15(16)11-19(25)20(21)26/h2-10,12-13H,11H2,1H3,(H2,21,26). The highest BCUT2D eigenvalue weighted by Crippen LogP contribution is 2.35. The van der Waals surface area contributed by atoms with Gasteiger partial charge < -0.3 is 10.3 Å². The molecule has 3 aromatic rings. The monoisotopic (exact) mass is 378 g/mol. The maximum Gasteiger partial charge on any atom is 0.285 e. The second-order valence-electron chi connectivity index (χ2n) is 6.34. The van der Waals surface area contributed by atoms with Crippen molar-refractivity contribution < 1.29 is 14.5 Å². The fourth-order valence-electron chi connectivity index (χ4n) is 3.06. The molecule has 0 saturated heterocycles. The van der Waals surface area contributed by atoms with Gasteiger partial charge in [0.2, 0.25) is 5.78 Å². The number of primary amides is 1. The first-order valence-electron chi connectivity index (χ1n) is 8.55. The number of aromatic nitrogens is 2. The number of rotatable bonds is 7. The van der Waals surface area contributed by atoms with E-state index in [-0.39, 0.29) is 18.2 Å². The number of nitro benzene ring substituents is 1. The maximum atomic E-state index is 11.8. The molecule has 1 aromatic heterocycles. The molecule has 2 aromatic carbocycles. The first-order valence-corrected chi connectivity index (χ1v) is 8.55. The summed E-state index contributed by atoms with van der Waals surface area (Å²) in [6.07, 6.45) is 4.87. The largest absolute Gasteiger partial charge is 0.363 e. The Morgan fingerprint density at radius 2 is 1.96 bits per heavy atom. The van der Waals surface area contributed by atoms with Crippen molar-refractivity contribution in [1.29, 1.82) is 0 Å². The smallest absolute Gasteiger partial charge is 0.285 e. The summed E-state index contributed by atoms with van der Waals surface area (Å²) >= 11 is 0. The molecule has 28 heavy (non-hydrogen) atoms. The lowest BCUT2D eigenvalue weighted by Gasteiger charge is -2.15. The Hall–Kier alpha value is -3.81. The highest BCUT2D eigenvalue weighted by atomic mass is 16.6. The molecule has 0 aliphatic heterocycles. The molecule has 0 bridgehead atoms. The van der Waals surface area contributed by atoms with Gasteiger partial charge in [-0.05, 0) is 29.7 Å². The molecule has 1 amide bonds. The molecule has 2 N–H and O–H groups in total.